The summed E-state index contributed by atoms with van der Waals surface area (Å²) in [7, 11) is -2.00. The fraction of sp³-hybridized carbons (Fsp3) is 0.882. The number of hydrogen-bond acceptors (Lipinski definition) is 5. The highest BCUT2D eigenvalue weighted by molar-refractivity contribution is 6.74. The molecule has 140 valence electrons. The number of carbonyl (C=O) groups excluding carboxylic acids is 1. The van der Waals surface area contributed by atoms with Crippen molar-refractivity contribution >= 4 is 20.1 Å². The molecule has 6 nitrogen and oxygen atoms in total. The Morgan fingerprint density at radius 1 is 1.21 bits per heavy atom. The molecule has 0 unspecified atom stereocenters. The highest BCUT2D eigenvalue weighted by Gasteiger charge is 2.47. The topological polar surface area (TPSA) is 71.4 Å². The summed E-state index contributed by atoms with van der Waals surface area (Å²) in [4.78, 5) is 14.1. The summed E-state index contributed by atoms with van der Waals surface area (Å²) in [5.74, 6) is 0. The van der Waals surface area contributed by atoms with Crippen LogP contribution in [0.1, 0.15) is 54.9 Å². The lowest BCUT2D eigenvalue weighted by molar-refractivity contribution is 0.0226. The molecule has 0 aromatic heterocycles. The number of rotatable bonds is 3. The molecule has 0 radical (unpaired) electrons. The van der Waals surface area contributed by atoms with E-state index in [4.69, 9.17) is 9.16 Å². The number of carbonyl (C=O) groups is 1. The minimum absolute atomic E-state index is 0.0706. The Morgan fingerprint density at radius 3 is 2.17 bits per heavy atom. The predicted octanol–water partition coefficient (Wildman–Crippen LogP) is 4.24. The van der Waals surface area contributed by atoms with Crippen molar-refractivity contribution < 1.29 is 19.2 Å². The molecule has 1 aliphatic rings. The van der Waals surface area contributed by atoms with Gasteiger partial charge in [0.25, 0.3) is 0 Å². The highest BCUT2D eigenvalue weighted by atomic mass is 28.4. The standard InChI is InChI=1S/C17H34N2O4Si/c1-12(18-21)14-13(23-24(8,9)17(5,6)7)10-11-19(14)15(20)22-16(2,3)4/h13-14,21H,10-11H2,1-9H3/t13-,14+/m0/s1. The zero-order valence-corrected chi connectivity index (χ0v) is 17.6. The van der Waals surface area contributed by atoms with Gasteiger partial charge >= 0.3 is 6.09 Å². The summed E-state index contributed by atoms with van der Waals surface area (Å²) in [6, 6.07) is -0.390. The van der Waals surface area contributed by atoms with Crippen LogP contribution in [0.3, 0.4) is 0 Å². The maximum atomic E-state index is 12.5. The molecule has 2 atom stereocenters. The maximum absolute atomic E-state index is 12.5. The van der Waals surface area contributed by atoms with Crippen LogP contribution in [0.5, 0.6) is 0 Å². The molecule has 1 saturated heterocycles. The molecule has 1 amide bonds. The van der Waals surface area contributed by atoms with Crippen molar-refractivity contribution in [2.24, 2.45) is 5.16 Å². The highest BCUT2D eigenvalue weighted by Crippen LogP contribution is 2.39. The van der Waals surface area contributed by atoms with Crippen molar-refractivity contribution in [3.05, 3.63) is 0 Å². The van der Waals surface area contributed by atoms with Gasteiger partial charge in [0.2, 0.25) is 0 Å². The normalized spacial score (nSPS) is 23.5. The number of hydrogen-bond donors (Lipinski definition) is 1. The van der Waals surface area contributed by atoms with Gasteiger partial charge in [0.1, 0.15) is 11.6 Å². The zero-order valence-electron chi connectivity index (χ0n) is 16.6. The first-order valence-corrected chi connectivity index (χ1v) is 11.5. The molecule has 0 aliphatic carbocycles. The maximum Gasteiger partial charge on any atom is 0.410 e. The van der Waals surface area contributed by atoms with Crippen LogP contribution in [0.15, 0.2) is 5.16 Å². The molecule has 7 heteroatoms. The predicted molar refractivity (Wildman–Crippen MR) is 98.3 cm³/mol. The molecule has 0 spiro atoms. The lowest BCUT2D eigenvalue weighted by atomic mass is 10.1. The SMILES string of the molecule is CC(=NO)[C@@H]1[C@@H](O[Si](C)(C)C(C)(C)C)CCN1C(=O)OC(C)(C)C. The Labute approximate surface area is 147 Å². The van der Waals surface area contributed by atoms with E-state index in [1.165, 1.54) is 0 Å². The van der Waals surface area contributed by atoms with Gasteiger partial charge in [-0.3, -0.25) is 4.90 Å². The van der Waals surface area contributed by atoms with E-state index in [-0.39, 0.29) is 17.2 Å². The van der Waals surface area contributed by atoms with Gasteiger partial charge in [0.15, 0.2) is 8.32 Å². The van der Waals surface area contributed by atoms with Gasteiger partial charge in [-0.05, 0) is 52.2 Å². The van der Waals surface area contributed by atoms with Gasteiger partial charge in [-0.25, -0.2) is 4.79 Å². The number of likely N-dealkylation sites (tertiary alicyclic amines) is 1. The van der Waals surface area contributed by atoms with Crippen LogP contribution in [-0.2, 0) is 9.16 Å². The zero-order chi connectivity index (χ0) is 18.9. The van der Waals surface area contributed by atoms with E-state index in [2.05, 4.69) is 39.0 Å². The van der Waals surface area contributed by atoms with Gasteiger partial charge in [-0.15, -0.1) is 0 Å². The quantitative estimate of drug-likeness (QED) is 0.354. The van der Waals surface area contributed by atoms with Gasteiger partial charge in [-0.2, -0.15) is 0 Å². The minimum Gasteiger partial charge on any atom is -0.444 e. The molecular weight excluding hydrogens is 324 g/mol. The number of amides is 1. The molecular formula is C17H34N2O4Si. The van der Waals surface area contributed by atoms with Crippen LogP contribution < -0.4 is 0 Å². The number of ether oxygens (including phenoxy) is 1. The van der Waals surface area contributed by atoms with Crippen molar-refractivity contribution in [1.29, 1.82) is 0 Å². The van der Waals surface area contributed by atoms with E-state index in [0.717, 1.165) is 0 Å². The van der Waals surface area contributed by atoms with E-state index >= 15 is 0 Å². The fourth-order valence-corrected chi connectivity index (χ4v) is 3.88. The van der Waals surface area contributed by atoms with Crippen LogP contribution in [-0.4, -0.2) is 54.5 Å². The van der Waals surface area contributed by atoms with Crippen LogP contribution >= 0.6 is 0 Å². The molecule has 0 saturated carbocycles. The van der Waals surface area contributed by atoms with Gasteiger partial charge < -0.3 is 14.4 Å². The third kappa shape index (κ3) is 4.96. The van der Waals surface area contributed by atoms with Gasteiger partial charge in [0.05, 0.1) is 11.8 Å². The van der Waals surface area contributed by atoms with E-state index < -0.39 is 20.0 Å². The van der Waals surface area contributed by atoms with Crippen LogP contribution in [0.4, 0.5) is 4.79 Å². The second-order valence-electron chi connectivity index (χ2n) is 9.07. The monoisotopic (exact) mass is 358 g/mol. The molecule has 0 aromatic carbocycles. The van der Waals surface area contributed by atoms with E-state index in [0.29, 0.717) is 18.7 Å². The third-order valence-electron chi connectivity index (χ3n) is 4.81. The molecule has 1 heterocycles. The first-order valence-electron chi connectivity index (χ1n) is 8.55. The number of nitrogens with zero attached hydrogens (tertiary/aromatic N) is 2. The average molecular weight is 359 g/mol. The Kier molecular flexibility index (Phi) is 6.14. The molecule has 0 bridgehead atoms. The van der Waals surface area contributed by atoms with Gasteiger partial charge in [0, 0.05) is 6.54 Å². The summed E-state index contributed by atoms with van der Waals surface area (Å²) in [6.45, 7) is 18.7. The molecule has 1 fully saturated rings. The van der Waals surface area contributed by atoms with Crippen molar-refractivity contribution in [3.8, 4) is 0 Å². The number of oxime groups is 1. The molecule has 1 aliphatic heterocycles. The summed E-state index contributed by atoms with van der Waals surface area (Å²) >= 11 is 0. The first kappa shape index (κ1) is 21.0. The van der Waals surface area contributed by atoms with E-state index in [1.54, 1.807) is 11.8 Å². The lowest BCUT2D eigenvalue weighted by Crippen LogP contribution is -2.51. The van der Waals surface area contributed by atoms with Gasteiger partial charge in [-0.1, -0.05) is 25.9 Å². The summed E-state index contributed by atoms with van der Waals surface area (Å²) in [5, 5.41) is 12.7. The third-order valence-corrected chi connectivity index (χ3v) is 9.31. The van der Waals surface area contributed by atoms with Crippen molar-refractivity contribution in [2.45, 2.75) is 90.8 Å². The largest absolute Gasteiger partial charge is 0.444 e. The van der Waals surface area contributed by atoms with Crippen LogP contribution in [0, 0.1) is 0 Å². The van der Waals surface area contributed by atoms with Crippen molar-refractivity contribution in [1.82, 2.24) is 4.90 Å². The summed E-state index contributed by atoms with van der Waals surface area (Å²) in [5.41, 5.74) is -0.0911. The Bertz CT molecular complexity index is 492. The minimum atomic E-state index is -2.00. The van der Waals surface area contributed by atoms with Crippen molar-refractivity contribution in [3.63, 3.8) is 0 Å². The summed E-state index contributed by atoms with van der Waals surface area (Å²) in [6.07, 6.45) is 0.148. The Hall–Kier alpha value is -1.08. The van der Waals surface area contributed by atoms with Crippen LogP contribution in [0.25, 0.3) is 0 Å². The first-order chi connectivity index (χ1) is 10.7. The lowest BCUT2D eigenvalue weighted by Gasteiger charge is -2.40. The molecule has 1 rings (SSSR count). The molecule has 24 heavy (non-hydrogen) atoms. The average Bonchev–Trinajstić information content (AvgIpc) is 2.77. The van der Waals surface area contributed by atoms with Crippen molar-refractivity contribution in [2.75, 3.05) is 6.54 Å². The summed E-state index contributed by atoms with van der Waals surface area (Å²) < 4.78 is 12.0. The smallest absolute Gasteiger partial charge is 0.410 e. The Balaban J connectivity index is 3.02. The van der Waals surface area contributed by atoms with E-state index in [9.17, 15) is 10.0 Å². The Morgan fingerprint density at radius 2 is 1.75 bits per heavy atom. The van der Waals surface area contributed by atoms with E-state index in [1.807, 2.05) is 20.8 Å². The molecule has 0 aromatic rings. The molecule has 1 N–H and O–H groups in total. The van der Waals surface area contributed by atoms with Crippen LogP contribution in [0.2, 0.25) is 18.1 Å². The second-order valence-corrected chi connectivity index (χ2v) is 13.8. The fourth-order valence-electron chi connectivity index (χ4n) is 2.52. The second kappa shape index (κ2) is 7.04.